The molecule has 0 bridgehead atoms. The number of nitrogens with two attached hydrogens (primary N) is 1. The fourth-order valence-electron chi connectivity index (χ4n) is 4.14. The molecule has 0 amide bonds. The highest BCUT2D eigenvalue weighted by Crippen LogP contribution is 2.41. The summed E-state index contributed by atoms with van der Waals surface area (Å²) in [6.07, 6.45) is 8.08. The lowest BCUT2D eigenvalue weighted by Crippen LogP contribution is -2.59. The fourth-order valence-corrected chi connectivity index (χ4v) is 4.14. The average molecular weight is 282 g/mol. The molecule has 20 heavy (non-hydrogen) atoms. The lowest BCUT2D eigenvalue weighted by Gasteiger charge is -2.48. The van der Waals surface area contributed by atoms with Gasteiger partial charge in [0.1, 0.15) is 0 Å². The molecule has 3 unspecified atom stereocenters. The average Bonchev–Trinajstić information content (AvgIpc) is 2.58. The van der Waals surface area contributed by atoms with E-state index in [1.807, 2.05) is 7.11 Å². The van der Waals surface area contributed by atoms with Crippen LogP contribution in [-0.4, -0.2) is 43.3 Å². The Morgan fingerprint density at radius 3 is 2.60 bits per heavy atom. The van der Waals surface area contributed by atoms with Gasteiger partial charge in [0.2, 0.25) is 0 Å². The fraction of sp³-hybridized carbons (Fsp3) is 1.00. The summed E-state index contributed by atoms with van der Waals surface area (Å²) in [5, 5.41) is 0. The Bertz CT molecular complexity index is 318. The van der Waals surface area contributed by atoms with E-state index in [1.165, 1.54) is 45.1 Å². The lowest BCUT2D eigenvalue weighted by molar-refractivity contribution is -0.0495. The van der Waals surface area contributed by atoms with E-state index in [-0.39, 0.29) is 5.54 Å². The standard InChI is InChI=1S/C17H34N2O/c1-14-6-11-19(12-15(14)20-4)17(13-18)8-5-7-16(2,3)9-10-17/h14-15H,5-13,18H2,1-4H3. The zero-order valence-corrected chi connectivity index (χ0v) is 14.0. The van der Waals surface area contributed by atoms with Crippen molar-refractivity contribution >= 4 is 0 Å². The van der Waals surface area contributed by atoms with E-state index in [9.17, 15) is 0 Å². The number of hydrogen-bond donors (Lipinski definition) is 1. The van der Waals surface area contributed by atoms with Crippen LogP contribution in [0.3, 0.4) is 0 Å². The van der Waals surface area contributed by atoms with Gasteiger partial charge < -0.3 is 10.5 Å². The van der Waals surface area contributed by atoms with Crippen molar-refractivity contribution in [2.75, 3.05) is 26.7 Å². The maximum Gasteiger partial charge on any atom is 0.0724 e. The van der Waals surface area contributed by atoms with Gasteiger partial charge in [-0.25, -0.2) is 0 Å². The van der Waals surface area contributed by atoms with E-state index >= 15 is 0 Å². The zero-order valence-electron chi connectivity index (χ0n) is 14.0. The van der Waals surface area contributed by atoms with Gasteiger partial charge in [0.15, 0.2) is 0 Å². The molecule has 1 aliphatic carbocycles. The van der Waals surface area contributed by atoms with Crippen LogP contribution in [0.25, 0.3) is 0 Å². The van der Waals surface area contributed by atoms with Crippen LogP contribution in [0.5, 0.6) is 0 Å². The molecule has 1 saturated carbocycles. The largest absolute Gasteiger partial charge is 0.380 e. The number of likely N-dealkylation sites (tertiary alicyclic amines) is 1. The van der Waals surface area contributed by atoms with Gasteiger partial charge in [-0.15, -0.1) is 0 Å². The topological polar surface area (TPSA) is 38.5 Å². The molecule has 1 heterocycles. The summed E-state index contributed by atoms with van der Waals surface area (Å²) in [5.74, 6) is 0.674. The van der Waals surface area contributed by atoms with Crippen LogP contribution in [0.2, 0.25) is 0 Å². The maximum atomic E-state index is 6.27. The van der Waals surface area contributed by atoms with Crippen molar-refractivity contribution in [1.82, 2.24) is 4.90 Å². The van der Waals surface area contributed by atoms with Crippen LogP contribution < -0.4 is 5.73 Å². The minimum Gasteiger partial charge on any atom is -0.380 e. The Morgan fingerprint density at radius 1 is 1.20 bits per heavy atom. The van der Waals surface area contributed by atoms with Gasteiger partial charge in [-0.3, -0.25) is 4.90 Å². The van der Waals surface area contributed by atoms with E-state index in [1.54, 1.807) is 0 Å². The summed E-state index contributed by atoms with van der Waals surface area (Å²) >= 11 is 0. The van der Waals surface area contributed by atoms with E-state index in [2.05, 4.69) is 25.7 Å². The maximum absolute atomic E-state index is 6.27. The molecule has 3 heteroatoms. The number of nitrogens with zero attached hydrogens (tertiary/aromatic N) is 1. The first-order chi connectivity index (χ1) is 9.42. The van der Waals surface area contributed by atoms with Crippen LogP contribution in [-0.2, 0) is 4.74 Å². The van der Waals surface area contributed by atoms with Crippen molar-refractivity contribution in [2.45, 2.75) is 70.9 Å². The summed E-state index contributed by atoms with van der Waals surface area (Å²) in [5.41, 5.74) is 6.98. The predicted molar refractivity (Wildman–Crippen MR) is 84.8 cm³/mol. The molecule has 0 radical (unpaired) electrons. The summed E-state index contributed by atoms with van der Waals surface area (Å²) < 4.78 is 5.70. The molecule has 2 rings (SSSR count). The van der Waals surface area contributed by atoms with E-state index in [0.29, 0.717) is 17.4 Å². The first-order valence-electron chi connectivity index (χ1n) is 8.40. The summed E-state index contributed by atoms with van der Waals surface area (Å²) in [4.78, 5) is 2.67. The third-order valence-corrected chi connectivity index (χ3v) is 6.01. The van der Waals surface area contributed by atoms with Crippen LogP contribution in [0, 0.1) is 11.3 Å². The quantitative estimate of drug-likeness (QED) is 0.809. The Hall–Kier alpha value is -0.120. The molecule has 2 N–H and O–H groups in total. The monoisotopic (exact) mass is 282 g/mol. The summed E-state index contributed by atoms with van der Waals surface area (Å²) in [7, 11) is 1.86. The van der Waals surface area contributed by atoms with Crippen molar-refractivity contribution < 1.29 is 4.74 Å². The highest BCUT2D eigenvalue weighted by Gasteiger charge is 2.42. The molecule has 2 fully saturated rings. The van der Waals surface area contributed by atoms with E-state index in [0.717, 1.165) is 13.1 Å². The van der Waals surface area contributed by atoms with Crippen LogP contribution in [0.15, 0.2) is 0 Å². The van der Waals surface area contributed by atoms with Gasteiger partial charge in [0.05, 0.1) is 6.10 Å². The molecule has 1 aliphatic heterocycles. The van der Waals surface area contributed by atoms with Crippen molar-refractivity contribution in [1.29, 1.82) is 0 Å². The number of ether oxygens (including phenoxy) is 1. The van der Waals surface area contributed by atoms with Gasteiger partial charge in [-0.05, 0) is 50.0 Å². The highest BCUT2D eigenvalue weighted by atomic mass is 16.5. The van der Waals surface area contributed by atoms with Gasteiger partial charge in [0, 0.05) is 25.7 Å². The molecule has 118 valence electrons. The lowest BCUT2D eigenvalue weighted by atomic mass is 9.81. The van der Waals surface area contributed by atoms with E-state index in [4.69, 9.17) is 10.5 Å². The minimum absolute atomic E-state index is 0.227. The molecule has 0 aromatic carbocycles. The normalized spacial score (nSPS) is 39.5. The Kier molecular flexibility index (Phi) is 5.14. The number of piperidine rings is 1. The molecular formula is C17H34N2O. The molecule has 0 aromatic heterocycles. The summed E-state index contributed by atoms with van der Waals surface area (Å²) in [6.45, 7) is 10.2. The molecule has 3 nitrogen and oxygen atoms in total. The second-order valence-corrected chi connectivity index (χ2v) is 7.93. The van der Waals surface area contributed by atoms with Gasteiger partial charge >= 0.3 is 0 Å². The molecule has 3 atom stereocenters. The van der Waals surface area contributed by atoms with Crippen LogP contribution in [0.4, 0.5) is 0 Å². The predicted octanol–water partition coefficient (Wildman–Crippen LogP) is 3.03. The van der Waals surface area contributed by atoms with Gasteiger partial charge in [-0.1, -0.05) is 27.2 Å². The van der Waals surface area contributed by atoms with Crippen molar-refractivity contribution in [3.8, 4) is 0 Å². The molecule has 1 saturated heterocycles. The Morgan fingerprint density at radius 2 is 1.95 bits per heavy atom. The first kappa shape index (κ1) is 16.3. The van der Waals surface area contributed by atoms with Crippen molar-refractivity contribution in [3.63, 3.8) is 0 Å². The molecular weight excluding hydrogens is 248 g/mol. The second kappa shape index (κ2) is 6.33. The molecule has 2 aliphatic rings. The minimum atomic E-state index is 0.227. The number of methoxy groups -OCH3 is 1. The smallest absolute Gasteiger partial charge is 0.0724 e. The van der Waals surface area contributed by atoms with Gasteiger partial charge in [-0.2, -0.15) is 0 Å². The molecule has 0 spiro atoms. The van der Waals surface area contributed by atoms with Crippen LogP contribution in [0.1, 0.15) is 59.3 Å². The SMILES string of the molecule is COC1CN(C2(CN)CCCC(C)(C)CC2)CCC1C. The van der Waals surface area contributed by atoms with Crippen molar-refractivity contribution in [3.05, 3.63) is 0 Å². The highest BCUT2D eigenvalue weighted by molar-refractivity contribution is 4.98. The first-order valence-corrected chi connectivity index (χ1v) is 8.40. The summed E-state index contributed by atoms with van der Waals surface area (Å²) in [6, 6.07) is 0. The third kappa shape index (κ3) is 3.37. The Labute approximate surface area is 125 Å². The Balaban J connectivity index is 2.10. The van der Waals surface area contributed by atoms with E-state index < -0.39 is 0 Å². The van der Waals surface area contributed by atoms with Crippen LogP contribution >= 0.6 is 0 Å². The number of rotatable bonds is 3. The third-order valence-electron chi connectivity index (χ3n) is 6.01. The molecule has 0 aromatic rings. The number of hydrogen-bond acceptors (Lipinski definition) is 3. The zero-order chi connectivity index (χ0) is 14.8. The van der Waals surface area contributed by atoms with Gasteiger partial charge in [0.25, 0.3) is 0 Å². The second-order valence-electron chi connectivity index (χ2n) is 7.93. The van der Waals surface area contributed by atoms with Crippen molar-refractivity contribution in [2.24, 2.45) is 17.1 Å².